The molecule has 0 saturated heterocycles. The monoisotopic (exact) mass is 352 g/mol. The van der Waals surface area contributed by atoms with Crippen LogP contribution in [-0.2, 0) is 4.43 Å². The van der Waals surface area contributed by atoms with E-state index in [0.29, 0.717) is 0 Å². The van der Waals surface area contributed by atoms with Gasteiger partial charge in [-0.2, -0.15) is 0 Å². The SMILES string of the molecule is CNC(=S)C(CCCCO[Si](C)(C)C(C)(C)C)c1cccnc1. The van der Waals surface area contributed by atoms with Crippen LogP contribution in [0.2, 0.25) is 18.1 Å². The first-order valence-corrected chi connectivity index (χ1v) is 11.8. The fourth-order valence-electron chi connectivity index (χ4n) is 2.20. The van der Waals surface area contributed by atoms with Gasteiger partial charge in [-0.25, -0.2) is 0 Å². The standard InChI is InChI=1S/C18H32N2OSSi/c1-18(2,3)23(5,6)21-13-8-7-11-16(17(22)19-4)15-10-9-12-20-14-15/h9-10,12,14,16H,7-8,11,13H2,1-6H3,(H,19,22). The maximum absolute atomic E-state index is 6.25. The molecule has 5 heteroatoms. The summed E-state index contributed by atoms with van der Waals surface area (Å²) < 4.78 is 6.25. The highest BCUT2D eigenvalue weighted by Crippen LogP contribution is 2.36. The van der Waals surface area contributed by atoms with E-state index >= 15 is 0 Å². The topological polar surface area (TPSA) is 34.1 Å². The van der Waals surface area contributed by atoms with Gasteiger partial charge in [0.05, 0.1) is 4.99 Å². The number of nitrogens with zero attached hydrogens (tertiary/aromatic N) is 1. The Hall–Kier alpha value is -0.783. The average Bonchev–Trinajstić information content (AvgIpc) is 2.49. The summed E-state index contributed by atoms with van der Waals surface area (Å²) in [4.78, 5) is 5.11. The summed E-state index contributed by atoms with van der Waals surface area (Å²) in [6.45, 7) is 12.3. The van der Waals surface area contributed by atoms with Crippen molar-refractivity contribution in [3.8, 4) is 0 Å². The normalized spacial score (nSPS) is 13.7. The van der Waals surface area contributed by atoms with Gasteiger partial charge in [-0.1, -0.05) is 45.5 Å². The van der Waals surface area contributed by atoms with Gasteiger partial charge in [-0.05, 0) is 42.6 Å². The molecule has 1 aromatic heterocycles. The van der Waals surface area contributed by atoms with Crippen LogP contribution in [0.3, 0.4) is 0 Å². The van der Waals surface area contributed by atoms with Crippen LogP contribution in [0.15, 0.2) is 24.5 Å². The summed E-state index contributed by atoms with van der Waals surface area (Å²) in [6, 6.07) is 4.08. The molecule has 1 rings (SSSR count). The molecule has 23 heavy (non-hydrogen) atoms. The zero-order chi connectivity index (χ0) is 17.5. The van der Waals surface area contributed by atoms with Crippen molar-refractivity contribution >= 4 is 25.5 Å². The van der Waals surface area contributed by atoms with Gasteiger partial charge >= 0.3 is 0 Å². The first-order chi connectivity index (χ1) is 10.7. The third-order valence-electron chi connectivity index (χ3n) is 4.81. The highest BCUT2D eigenvalue weighted by Gasteiger charge is 2.36. The van der Waals surface area contributed by atoms with Crippen LogP contribution >= 0.6 is 12.2 Å². The van der Waals surface area contributed by atoms with Crippen LogP contribution in [0.1, 0.15) is 51.5 Å². The van der Waals surface area contributed by atoms with Gasteiger partial charge in [0.2, 0.25) is 0 Å². The number of likely N-dealkylation sites (N-methyl/N-ethyl adjacent to an activating group) is 1. The van der Waals surface area contributed by atoms with E-state index in [-0.39, 0.29) is 11.0 Å². The molecule has 1 heterocycles. The molecular formula is C18H32N2OSSi. The molecule has 0 radical (unpaired) electrons. The van der Waals surface area contributed by atoms with E-state index in [1.165, 1.54) is 5.56 Å². The van der Waals surface area contributed by atoms with E-state index in [0.717, 1.165) is 30.9 Å². The van der Waals surface area contributed by atoms with Crippen LogP contribution < -0.4 is 5.32 Å². The molecule has 1 atom stereocenters. The molecular weight excluding hydrogens is 320 g/mol. The van der Waals surface area contributed by atoms with Crippen LogP contribution in [0.4, 0.5) is 0 Å². The van der Waals surface area contributed by atoms with Crippen molar-refractivity contribution in [1.29, 1.82) is 0 Å². The van der Waals surface area contributed by atoms with Crippen molar-refractivity contribution in [2.24, 2.45) is 0 Å². The molecule has 0 amide bonds. The predicted molar refractivity (Wildman–Crippen MR) is 106 cm³/mol. The van der Waals surface area contributed by atoms with Gasteiger partial charge in [0.1, 0.15) is 0 Å². The second kappa shape index (κ2) is 8.90. The molecule has 3 nitrogen and oxygen atoms in total. The number of aromatic nitrogens is 1. The Morgan fingerprint density at radius 3 is 2.57 bits per heavy atom. The lowest BCUT2D eigenvalue weighted by atomic mass is 9.94. The summed E-state index contributed by atoms with van der Waals surface area (Å²) in [6.07, 6.45) is 6.94. The lowest BCUT2D eigenvalue weighted by Crippen LogP contribution is -2.40. The van der Waals surface area contributed by atoms with E-state index < -0.39 is 8.32 Å². The zero-order valence-corrected chi connectivity index (χ0v) is 17.3. The number of rotatable bonds is 8. The largest absolute Gasteiger partial charge is 0.417 e. The van der Waals surface area contributed by atoms with E-state index in [4.69, 9.17) is 16.6 Å². The lowest BCUT2D eigenvalue weighted by Gasteiger charge is -2.36. The van der Waals surface area contributed by atoms with Crippen molar-refractivity contribution < 1.29 is 4.43 Å². The molecule has 0 aliphatic carbocycles. The quantitative estimate of drug-likeness (QED) is 0.410. The molecule has 0 aromatic carbocycles. The summed E-state index contributed by atoms with van der Waals surface area (Å²) in [7, 11) is 0.272. The molecule has 0 fully saturated rings. The summed E-state index contributed by atoms with van der Waals surface area (Å²) in [5.74, 6) is 0.247. The second-order valence-corrected chi connectivity index (χ2v) is 12.8. The summed E-state index contributed by atoms with van der Waals surface area (Å²) in [5.41, 5.74) is 1.19. The minimum Gasteiger partial charge on any atom is -0.417 e. The summed E-state index contributed by atoms with van der Waals surface area (Å²) >= 11 is 5.48. The highest BCUT2D eigenvalue weighted by atomic mass is 32.1. The van der Waals surface area contributed by atoms with E-state index in [1.807, 2.05) is 19.3 Å². The molecule has 0 aliphatic heterocycles. The molecule has 0 bridgehead atoms. The molecule has 1 aromatic rings. The Kier molecular flexibility index (Phi) is 7.84. The number of thiocarbonyl (C=S) groups is 1. The van der Waals surface area contributed by atoms with Gasteiger partial charge in [0, 0.05) is 32.0 Å². The molecule has 130 valence electrons. The van der Waals surface area contributed by atoms with Crippen molar-refractivity contribution in [1.82, 2.24) is 10.3 Å². The average molecular weight is 353 g/mol. The number of hydrogen-bond acceptors (Lipinski definition) is 3. The first-order valence-electron chi connectivity index (χ1n) is 8.44. The van der Waals surface area contributed by atoms with Gasteiger partial charge in [-0.3, -0.25) is 4.98 Å². The Morgan fingerprint density at radius 1 is 1.35 bits per heavy atom. The maximum Gasteiger partial charge on any atom is 0.191 e. The zero-order valence-electron chi connectivity index (χ0n) is 15.5. The fourth-order valence-corrected chi connectivity index (χ4v) is 3.54. The smallest absolute Gasteiger partial charge is 0.191 e. The van der Waals surface area contributed by atoms with E-state index in [2.05, 4.69) is 50.2 Å². The Morgan fingerprint density at radius 2 is 2.04 bits per heavy atom. The molecule has 0 spiro atoms. The van der Waals surface area contributed by atoms with Crippen molar-refractivity contribution in [3.05, 3.63) is 30.1 Å². The minimum atomic E-state index is -1.62. The Bertz CT molecular complexity index is 486. The minimum absolute atomic E-state index is 0.247. The Labute approximate surface area is 148 Å². The van der Waals surface area contributed by atoms with Gasteiger partial charge in [0.15, 0.2) is 8.32 Å². The van der Waals surface area contributed by atoms with E-state index in [9.17, 15) is 0 Å². The lowest BCUT2D eigenvalue weighted by molar-refractivity contribution is 0.277. The van der Waals surface area contributed by atoms with E-state index in [1.54, 1.807) is 6.20 Å². The number of unbranched alkanes of at least 4 members (excludes halogenated alkanes) is 1. The van der Waals surface area contributed by atoms with Crippen LogP contribution in [-0.4, -0.2) is 31.9 Å². The molecule has 1 N–H and O–H groups in total. The third kappa shape index (κ3) is 6.32. The second-order valence-electron chi connectivity index (χ2n) is 7.56. The first kappa shape index (κ1) is 20.3. The van der Waals surface area contributed by atoms with Crippen LogP contribution in [0.5, 0.6) is 0 Å². The number of nitrogens with one attached hydrogen (secondary N) is 1. The Balaban J connectivity index is 2.47. The third-order valence-corrected chi connectivity index (χ3v) is 9.83. The molecule has 1 unspecified atom stereocenters. The fraction of sp³-hybridized carbons (Fsp3) is 0.667. The highest BCUT2D eigenvalue weighted by molar-refractivity contribution is 7.80. The predicted octanol–water partition coefficient (Wildman–Crippen LogP) is 4.90. The molecule has 0 saturated carbocycles. The van der Waals surface area contributed by atoms with Gasteiger partial charge in [0.25, 0.3) is 0 Å². The number of hydrogen-bond donors (Lipinski definition) is 1. The van der Waals surface area contributed by atoms with Gasteiger partial charge in [-0.15, -0.1) is 0 Å². The van der Waals surface area contributed by atoms with Crippen LogP contribution in [0, 0.1) is 0 Å². The van der Waals surface area contributed by atoms with Crippen molar-refractivity contribution in [2.75, 3.05) is 13.7 Å². The van der Waals surface area contributed by atoms with Gasteiger partial charge < -0.3 is 9.74 Å². The maximum atomic E-state index is 6.25. The van der Waals surface area contributed by atoms with Crippen molar-refractivity contribution in [3.63, 3.8) is 0 Å². The molecule has 0 aliphatic rings. The van der Waals surface area contributed by atoms with Crippen molar-refractivity contribution in [2.45, 2.75) is 64.1 Å². The number of pyridine rings is 1. The summed E-state index contributed by atoms with van der Waals surface area (Å²) in [5, 5.41) is 3.40. The van der Waals surface area contributed by atoms with Crippen LogP contribution in [0.25, 0.3) is 0 Å².